The van der Waals surface area contributed by atoms with E-state index in [1.165, 1.54) is 11.3 Å². The molecule has 2 aromatic rings. The van der Waals surface area contributed by atoms with Crippen LogP contribution < -0.4 is 20.5 Å². The molecule has 0 aliphatic heterocycles. The first kappa shape index (κ1) is 19.6. The van der Waals surface area contributed by atoms with Gasteiger partial charge in [0.1, 0.15) is 0 Å². The van der Waals surface area contributed by atoms with Crippen LogP contribution in [-0.2, 0) is 33.0 Å². The van der Waals surface area contributed by atoms with Crippen molar-refractivity contribution >= 4 is 5.96 Å². The van der Waals surface area contributed by atoms with Crippen molar-refractivity contribution in [1.82, 2.24) is 15.1 Å². The zero-order valence-corrected chi connectivity index (χ0v) is 16.3. The maximum absolute atomic E-state index is 6.04. The average Bonchev–Trinajstić information content (AvgIpc) is 2.98. The van der Waals surface area contributed by atoms with Gasteiger partial charge in [-0.3, -0.25) is 4.68 Å². The second-order valence-electron chi connectivity index (χ2n) is 5.95. The van der Waals surface area contributed by atoms with Gasteiger partial charge in [0.2, 0.25) is 0 Å². The molecule has 26 heavy (non-hydrogen) atoms. The molecule has 0 saturated heterocycles. The van der Waals surface area contributed by atoms with Crippen LogP contribution in [0.2, 0.25) is 0 Å². The normalized spacial score (nSPS) is 11.5. The van der Waals surface area contributed by atoms with Gasteiger partial charge in [-0.05, 0) is 30.5 Å². The molecule has 3 N–H and O–H groups in total. The Labute approximate surface area is 155 Å². The summed E-state index contributed by atoms with van der Waals surface area (Å²) in [4.78, 5) is 4.42. The SMILES string of the molecule is CCc1nn(C)c(CC)c1CNC(N)=NCc1ccc(OC)c(OC)c1. The molecule has 0 bridgehead atoms. The third kappa shape index (κ3) is 4.47. The van der Waals surface area contributed by atoms with Gasteiger partial charge in [0, 0.05) is 24.8 Å². The summed E-state index contributed by atoms with van der Waals surface area (Å²) in [5, 5.41) is 7.78. The van der Waals surface area contributed by atoms with Gasteiger partial charge in [0.15, 0.2) is 17.5 Å². The highest BCUT2D eigenvalue weighted by molar-refractivity contribution is 5.77. The topological polar surface area (TPSA) is 86.7 Å². The molecule has 7 nitrogen and oxygen atoms in total. The Bertz CT molecular complexity index is 768. The second kappa shape index (κ2) is 9.12. The summed E-state index contributed by atoms with van der Waals surface area (Å²) in [5.74, 6) is 1.79. The van der Waals surface area contributed by atoms with Crippen molar-refractivity contribution in [2.75, 3.05) is 14.2 Å². The van der Waals surface area contributed by atoms with Crippen LogP contribution in [0.3, 0.4) is 0 Å². The third-order valence-electron chi connectivity index (χ3n) is 4.35. The van der Waals surface area contributed by atoms with Crippen LogP contribution in [-0.4, -0.2) is 30.0 Å². The van der Waals surface area contributed by atoms with Crippen LogP contribution in [0.25, 0.3) is 0 Å². The van der Waals surface area contributed by atoms with Crippen LogP contribution in [0, 0.1) is 0 Å². The lowest BCUT2D eigenvalue weighted by Gasteiger charge is -2.10. The molecule has 0 spiro atoms. The first-order valence-corrected chi connectivity index (χ1v) is 8.82. The largest absolute Gasteiger partial charge is 0.493 e. The Hall–Kier alpha value is -2.70. The molecule has 0 unspecified atom stereocenters. The van der Waals surface area contributed by atoms with E-state index in [0.717, 1.165) is 24.1 Å². The Morgan fingerprint density at radius 2 is 1.92 bits per heavy atom. The molecule has 0 saturated carbocycles. The van der Waals surface area contributed by atoms with E-state index in [-0.39, 0.29) is 0 Å². The molecule has 1 heterocycles. The minimum atomic E-state index is 0.410. The van der Waals surface area contributed by atoms with Crippen LogP contribution in [0.4, 0.5) is 0 Å². The number of ether oxygens (including phenoxy) is 2. The maximum atomic E-state index is 6.04. The number of aliphatic imine (C=N–C) groups is 1. The summed E-state index contributed by atoms with van der Waals surface area (Å²) in [6.07, 6.45) is 1.83. The fourth-order valence-corrected chi connectivity index (χ4v) is 2.98. The van der Waals surface area contributed by atoms with Crippen molar-refractivity contribution in [3.05, 3.63) is 40.7 Å². The Balaban J connectivity index is 2.03. The third-order valence-corrected chi connectivity index (χ3v) is 4.35. The summed E-state index contributed by atoms with van der Waals surface area (Å²) >= 11 is 0. The van der Waals surface area contributed by atoms with Gasteiger partial charge in [-0.15, -0.1) is 0 Å². The highest BCUT2D eigenvalue weighted by atomic mass is 16.5. The van der Waals surface area contributed by atoms with E-state index in [2.05, 4.69) is 29.3 Å². The molecule has 7 heteroatoms. The molecule has 142 valence electrons. The molecule has 1 aromatic carbocycles. The number of methoxy groups -OCH3 is 2. The number of benzene rings is 1. The lowest BCUT2D eigenvalue weighted by molar-refractivity contribution is 0.354. The molecule has 0 aliphatic carbocycles. The summed E-state index contributed by atoms with van der Waals surface area (Å²) in [5.41, 5.74) is 10.6. The highest BCUT2D eigenvalue weighted by Crippen LogP contribution is 2.27. The molecular weight excluding hydrogens is 330 g/mol. The lowest BCUT2D eigenvalue weighted by Crippen LogP contribution is -2.31. The molecule has 0 aliphatic rings. The van der Waals surface area contributed by atoms with E-state index in [1.54, 1.807) is 14.2 Å². The number of guanidine groups is 1. The Morgan fingerprint density at radius 3 is 2.54 bits per heavy atom. The van der Waals surface area contributed by atoms with Gasteiger partial charge in [0.05, 0.1) is 26.5 Å². The molecule has 0 fully saturated rings. The summed E-state index contributed by atoms with van der Waals surface area (Å²) in [7, 11) is 5.21. The highest BCUT2D eigenvalue weighted by Gasteiger charge is 2.13. The van der Waals surface area contributed by atoms with E-state index in [9.17, 15) is 0 Å². The van der Waals surface area contributed by atoms with E-state index in [4.69, 9.17) is 15.2 Å². The molecule has 2 rings (SSSR count). The van der Waals surface area contributed by atoms with Gasteiger partial charge in [0.25, 0.3) is 0 Å². The number of aryl methyl sites for hydroxylation is 2. The smallest absolute Gasteiger partial charge is 0.189 e. The van der Waals surface area contributed by atoms with Crippen LogP contribution >= 0.6 is 0 Å². The van der Waals surface area contributed by atoms with Crippen molar-refractivity contribution in [3.8, 4) is 11.5 Å². The molecule has 0 atom stereocenters. The summed E-state index contributed by atoms with van der Waals surface area (Å²) in [6.45, 7) is 5.34. The first-order chi connectivity index (χ1) is 12.5. The fourth-order valence-electron chi connectivity index (χ4n) is 2.98. The Morgan fingerprint density at radius 1 is 1.19 bits per heavy atom. The number of hydrogen-bond acceptors (Lipinski definition) is 4. The van der Waals surface area contributed by atoms with Gasteiger partial charge in [-0.1, -0.05) is 19.9 Å². The minimum Gasteiger partial charge on any atom is -0.493 e. The molecule has 0 radical (unpaired) electrons. The molecule has 0 amide bonds. The van der Waals surface area contributed by atoms with E-state index in [1.807, 2.05) is 29.9 Å². The number of aromatic nitrogens is 2. The van der Waals surface area contributed by atoms with Crippen molar-refractivity contribution < 1.29 is 9.47 Å². The van der Waals surface area contributed by atoms with Crippen LogP contribution in [0.15, 0.2) is 23.2 Å². The van der Waals surface area contributed by atoms with E-state index < -0.39 is 0 Å². The van der Waals surface area contributed by atoms with E-state index in [0.29, 0.717) is 30.5 Å². The number of nitrogens with two attached hydrogens (primary N) is 1. The number of nitrogens with one attached hydrogen (secondary N) is 1. The standard InChI is InChI=1S/C19H29N5O2/c1-6-15-14(16(7-2)24(3)23-15)12-22-19(20)21-11-13-8-9-17(25-4)18(10-13)26-5/h8-10H,6-7,11-12H2,1-5H3,(H3,20,21,22). The molecular formula is C19H29N5O2. The fraction of sp³-hybridized carbons (Fsp3) is 0.474. The minimum absolute atomic E-state index is 0.410. The van der Waals surface area contributed by atoms with Gasteiger partial charge >= 0.3 is 0 Å². The maximum Gasteiger partial charge on any atom is 0.189 e. The Kier molecular flexibility index (Phi) is 6.89. The number of rotatable bonds is 8. The van der Waals surface area contributed by atoms with Crippen molar-refractivity contribution in [2.45, 2.75) is 39.8 Å². The number of nitrogens with zero attached hydrogens (tertiary/aromatic N) is 3. The zero-order valence-electron chi connectivity index (χ0n) is 16.3. The van der Waals surface area contributed by atoms with Crippen molar-refractivity contribution in [2.24, 2.45) is 17.8 Å². The monoisotopic (exact) mass is 359 g/mol. The average molecular weight is 359 g/mol. The summed E-state index contributed by atoms with van der Waals surface area (Å²) < 4.78 is 12.5. The number of hydrogen-bond donors (Lipinski definition) is 2. The van der Waals surface area contributed by atoms with Crippen LogP contribution in [0.1, 0.15) is 36.4 Å². The quantitative estimate of drug-likeness (QED) is 0.557. The second-order valence-corrected chi connectivity index (χ2v) is 5.95. The predicted molar refractivity (Wildman–Crippen MR) is 104 cm³/mol. The van der Waals surface area contributed by atoms with Crippen molar-refractivity contribution in [1.29, 1.82) is 0 Å². The first-order valence-electron chi connectivity index (χ1n) is 8.82. The van der Waals surface area contributed by atoms with Crippen molar-refractivity contribution in [3.63, 3.8) is 0 Å². The molecule has 1 aromatic heterocycles. The van der Waals surface area contributed by atoms with E-state index >= 15 is 0 Å². The van der Waals surface area contributed by atoms with Gasteiger partial charge in [-0.2, -0.15) is 5.10 Å². The predicted octanol–water partition coefficient (Wildman–Crippen LogP) is 2.17. The van der Waals surface area contributed by atoms with Gasteiger partial charge in [-0.25, -0.2) is 4.99 Å². The lowest BCUT2D eigenvalue weighted by atomic mass is 10.1. The van der Waals surface area contributed by atoms with Crippen LogP contribution in [0.5, 0.6) is 11.5 Å². The summed E-state index contributed by atoms with van der Waals surface area (Å²) in [6, 6.07) is 5.72. The van der Waals surface area contributed by atoms with Gasteiger partial charge < -0.3 is 20.5 Å². The zero-order chi connectivity index (χ0) is 19.1.